The summed E-state index contributed by atoms with van der Waals surface area (Å²) in [4.78, 5) is 0. The molecule has 1 heterocycles. The zero-order valence-corrected chi connectivity index (χ0v) is 16.7. The van der Waals surface area contributed by atoms with Gasteiger partial charge in [0.1, 0.15) is 5.54 Å². The van der Waals surface area contributed by atoms with E-state index in [1.54, 1.807) is 0 Å². The molecule has 0 saturated heterocycles. The quantitative estimate of drug-likeness (QED) is 0.404. The van der Waals surface area contributed by atoms with Gasteiger partial charge in [0.05, 0.1) is 6.20 Å². The van der Waals surface area contributed by atoms with Crippen molar-refractivity contribution in [3.05, 3.63) is 126 Å². The number of nitrogens with zero attached hydrogens (tertiary/aromatic N) is 2. The van der Waals surface area contributed by atoms with Crippen LogP contribution in [-0.2, 0) is 11.0 Å². The van der Waals surface area contributed by atoms with Crippen LogP contribution in [0.5, 0.6) is 0 Å². The zero-order chi connectivity index (χ0) is 19.6. The molecule has 0 fully saturated rings. The Bertz CT molecular complexity index is 929. The Balaban J connectivity index is 2.09. The van der Waals surface area contributed by atoms with Gasteiger partial charge in [-0.1, -0.05) is 112 Å². The van der Waals surface area contributed by atoms with E-state index in [0.717, 1.165) is 0 Å². The van der Waals surface area contributed by atoms with Crippen LogP contribution in [-0.4, -0.2) is 9.78 Å². The van der Waals surface area contributed by atoms with Crippen LogP contribution < -0.4 is 0 Å². The van der Waals surface area contributed by atoms with Crippen molar-refractivity contribution >= 4 is 0 Å². The largest absolute Gasteiger partial charge is 0.253 e. The molecule has 4 rings (SSSR count). The maximum absolute atomic E-state index is 4.90. The Morgan fingerprint density at radius 1 is 0.571 bits per heavy atom. The summed E-state index contributed by atoms with van der Waals surface area (Å²) in [5.74, 6) is 0. The van der Waals surface area contributed by atoms with Gasteiger partial charge in [-0.15, -0.1) is 0 Å². The molecular formula is C26H26N2. The summed E-state index contributed by atoms with van der Waals surface area (Å²) >= 11 is 0. The molecule has 0 bridgehead atoms. The fourth-order valence-corrected chi connectivity index (χ4v) is 3.83. The molecule has 3 aromatic carbocycles. The second kappa shape index (κ2) is 7.12. The van der Waals surface area contributed by atoms with Crippen molar-refractivity contribution in [3.63, 3.8) is 0 Å². The molecule has 0 spiro atoms. The molecule has 140 valence electrons. The van der Waals surface area contributed by atoms with Crippen LogP contribution >= 0.6 is 0 Å². The third-order valence-corrected chi connectivity index (χ3v) is 5.37. The van der Waals surface area contributed by atoms with Gasteiger partial charge >= 0.3 is 0 Å². The van der Waals surface area contributed by atoms with Gasteiger partial charge in [0.15, 0.2) is 0 Å². The fraction of sp³-hybridized carbons (Fsp3) is 0.192. The third-order valence-electron chi connectivity index (χ3n) is 5.37. The van der Waals surface area contributed by atoms with Gasteiger partial charge < -0.3 is 0 Å². The Hall–Kier alpha value is -3.13. The predicted octanol–water partition coefficient (Wildman–Crippen LogP) is 6.02. The Morgan fingerprint density at radius 2 is 0.964 bits per heavy atom. The third kappa shape index (κ3) is 3.05. The van der Waals surface area contributed by atoms with Crippen molar-refractivity contribution in [1.29, 1.82) is 0 Å². The summed E-state index contributed by atoms with van der Waals surface area (Å²) in [5, 5.41) is 4.90. The molecule has 2 nitrogen and oxygen atoms in total. The number of hydrogen-bond donors (Lipinski definition) is 0. The average Bonchev–Trinajstić information content (AvgIpc) is 3.22. The monoisotopic (exact) mass is 366 g/mol. The van der Waals surface area contributed by atoms with Gasteiger partial charge in [0.2, 0.25) is 0 Å². The molecule has 2 heteroatoms. The number of benzene rings is 3. The molecule has 0 radical (unpaired) electrons. The molecule has 0 saturated carbocycles. The number of aromatic nitrogens is 2. The van der Waals surface area contributed by atoms with Crippen molar-refractivity contribution in [1.82, 2.24) is 9.78 Å². The molecule has 0 aliphatic carbocycles. The van der Waals surface area contributed by atoms with Crippen LogP contribution in [0.3, 0.4) is 0 Å². The van der Waals surface area contributed by atoms with E-state index in [9.17, 15) is 0 Å². The van der Waals surface area contributed by atoms with Crippen LogP contribution in [0.4, 0.5) is 0 Å². The van der Waals surface area contributed by atoms with Crippen LogP contribution in [0, 0.1) is 0 Å². The van der Waals surface area contributed by atoms with Crippen molar-refractivity contribution in [2.24, 2.45) is 0 Å². The van der Waals surface area contributed by atoms with Crippen molar-refractivity contribution in [2.75, 3.05) is 0 Å². The van der Waals surface area contributed by atoms with E-state index in [1.165, 1.54) is 22.3 Å². The highest BCUT2D eigenvalue weighted by Crippen LogP contribution is 2.41. The maximum atomic E-state index is 4.90. The molecule has 28 heavy (non-hydrogen) atoms. The smallest absolute Gasteiger partial charge is 0.138 e. The van der Waals surface area contributed by atoms with Gasteiger partial charge in [-0.3, -0.25) is 4.68 Å². The second-order valence-corrected chi connectivity index (χ2v) is 8.23. The van der Waals surface area contributed by atoms with E-state index in [2.05, 4.69) is 123 Å². The minimum Gasteiger partial charge on any atom is -0.253 e. The van der Waals surface area contributed by atoms with Crippen LogP contribution in [0.25, 0.3) is 0 Å². The average molecular weight is 367 g/mol. The van der Waals surface area contributed by atoms with Crippen molar-refractivity contribution in [3.8, 4) is 0 Å². The predicted molar refractivity (Wildman–Crippen MR) is 116 cm³/mol. The van der Waals surface area contributed by atoms with Gasteiger partial charge in [-0.05, 0) is 27.7 Å². The second-order valence-electron chi connectivity index (χ2n) is 8.23. The minimum atomic E-state index is -0.534. The SMILES string of the molecule is CC(C)(C)c1cnn(C(c2ccccc2)(c2ccccc2)c2ccccc2)c1. The van der Waals surface area contributed by atoms with E-state index in [-0.39, 0.29) is 5.41 Å². The Morgan fingerprint density at radius 3 is 1.29 bits per heavy atom. The lowest BCUT2D eigenvalue weighted by Gasteiger charge is -2.36. The van der Waals surface area contributed by atoms with Gasteiger partial charge in [-0.2, -0.15) is 5.10 Å². The van der Waals surface area contributed by atoms with E-state index in [0.29, 0.717) is 0 Å². The first-order valence-corrected chi connectivity index (χ1v) is 9.75. The normalized spacial score (nSPS) is 12.1. The first kappa shape index (κ1) is 18.2. The summed E-state index contributed by atoms with van der Waals surface area (Å²) in [6, 6.07) is 32.0. The highest BCUT2D eigenvalue weighted by Gasteiger charge is 2.39. The van der Waals surface area contributed by atoms with Gasteiger partial charge in [0.25, 0.3) is 0 Å². The molecule has 0 aliphatic rings. The van der Waals surface area contributed by atoms with Crippen molar-refractivity contribution < 1.29 is 0 Å². The summed E-state index contributed by atoms with van der Waals surface area (Å²) in [7, 11) is 0. The summed E-state index contributed by atoms with van der Waals surface area (Å²) in [6.45, 7) is 6.68. The highest BCUT2D eigenvalue weighted by atomic mass is 15.3. The van der Waals surface area contributed by atoms with E-state index >= 15 is 0 Å². The first-order chi connectivity index (χ1) is 13.5. The van der Waals surface area contributed by atoms with Crippen LogP contribution in [0.1, 0.15) is 43.0 Å². The zero-order valence-electron chi connectivity index (χ0n) is 16.7. The van der Waals surface area contributed by atoms with E-state index < -0.39 is 5.54 Å². The minimum absolute atomic E-state index is 0.0358. The van der Waals surface area contributed by atoms with Gasteiger partial charge in [0, 0.05) is 6.20 Å². The van der Waals surface area contributed by atoms with Crippen molar-refractivity contribution in [2.45, 2.75) is 31.7 Å². The molecule has 0 N–H and O–H groups in total. The molecule has 0 unspecified atom stereocenters. The fourth-order valence-electron chi connectivity index (χ4n) is 3.83. The summed E-state index contributed by atoms with van der Waals surface area (Å²) in [5.41, 5.74) is 4.30. The molecule has 0 amide bonds. The van der Waals surface area contributed by atoms with Crippen LogP contribution in [0.2, 0.25) is 0 Å². The molecule has 0 atom stereocenters. The maximum Gasteiger partial charge on any atom is 0.138 e. The standard InChI is InChI=1S/C26H26N2/c1-25(2,3)24-19-27-28(20-24)26(21-13-7-4-8-14-21,22-15-9-5-10-16-22)23-17-11-6-12-18-23/h4-20H,1-3H3. The highest BCUT2D eigenvalue weighted by molar-refractivity contribution is 5.50. The molecule has 0 aliphatic heterocycles. The van der Waals surface area contributed by atoms with E-state index in [4.69, 9.17) is 5.10 Å². The number of hydrogen-bond acceptors (Lipinski definition) is 1. The molecule has 4 aromatic rings. The molecule has 1 aromatic heterocycles. The Kier molecular flexibility index (Phi) is 4.64. The summed E-state index contributed by atoms with van der Waals surface area (Å²) < 4.78 is 2.13. The lowest BCUT2D eigenvalue weighted by atomic mass is 9.77. The lowest BCUT2D eigenvalue weighted by Crippen LogP contribution is -2.38. The lowest BCUT2D eigenvalue weighted by molar-refractivity contribution is 0.458. The number of rotatable bonds is 4. The Labute approximate surface area is 167 Å². The summed E-state index contributed by atoms with van der Waals surface area (Å²) in [6.07, 6.45) is 4.20. The van der Waals surface area contributed by atoms with E-state index in [1.807, 2.05) is 6.20 Å². The molecular weight excluding hydrogens is 340 g/mol. The van der Waals surface area contributed by atoms with Gasteiger partial charge in [-0.25, -0.2) is 0 Å². The topological polar surface area (TPSA) is 17.8 Å². The van der Waals surface area contributed by atoms with Crippen LogP contribution in [0.15, 0.2) is 103 Å². The first-order valence-electron chi connectivity index (χ1n) is 9.75.